The van der Waals surface area contributed by atoms with Gasteiger partial charge in [-0.05, 0) is 24.5 Å². The van der Waals surface area contributed by atoms with E-state index in [0.29, 0.717) is 0 Å². The summed E-state index contributed by atoms with van der Waals surface area (Å²) < 4.78 is 0. The molecule has 0 bridgehead atoms. The Hall–Kier alpha value is -1.75. The van der Waals surface area contributed by atoms with Crippen LogP contribution in [0.3, 0.4) is 0 Å². The normalized spacial score (nSPS) is 11.3. The Morgan fingerprint density at radius 3 is 2.38 bits per heavy atom. The van der Waals surface area contributed by atoms with Crippen molar-refractivity contribution in [1.29, 1.82) is 0 Å². The third-order valence-corrected chi connectivity index (χ3v) is 3.72. The topological polar surface area (TPSA) is 49.8 Å². The predicted octanol–water partition coefficient (Wildman–Crippen LogP) is 4.28. The second-order valence-electron chi connectivity index (χ2n) is 5.82. The van der Waals surface area contributed by atoms with Gasteiger partial charge in [0.1, 0.15) is 17.5 Å². The molecular weight excluding hydrogens is 280 g/mol. The highest BCUT2D eigenvalue weighted by Gasteiger charge is 2.19. The number of thioether (sulfide) groups is 1. The zero-order chi connectivity index (χ0) is 15.5. The van der Waals surface area contributed by atoms with Crippen molar-refractivity contribution >= 4 is 29.1 Å². The predicted molar refractivity (Wildman–Crippen MR) is 91.8 cm³/mol. The van der Waals surface area contributed by atoms with Gasteiger partial charge in [0, 0.05) is 29.1 Å². The summed E-state index contributed by atoms with van der Waals surface area (Å²) in [5, 5.41) is 6.45. The van der Waals surface area contributed by atoms with Crippen LogP contribution in [0.25, 0.3) is 0 Å². The number of hydrogen-bond donors (Lipinski definition) is 2. The molecule has 0 aliphatic rings. The first-order valence-electron chi connectivity index (χ1n) is 6.91. The van der Waals surface area contributed by atoms with E-state index in [0.717, 1.165) is 23.1 Å². The highest BCUT2D eigenvalue weighted by atomic mass is 32.2. The minimum absolute atomic E-state index is 0.0928. The SMILES string of the molecule is CNc1cc(Nc2cccc(SC)c2)nc(C(C)(C)C)n1. The number of benzene rings is 1. The average Bonchev–Trinajstić information content (AvgIpc) is 2.46. The largest absolute Gasteiger partial charge is 0.373 e. The van der Waals surface area contributed by atoms with Gasteiger partial charge in [0.15, 0.2) is 0 Å². The van der Waals surface area contributed by atoms with Crippen molar-refractivity contribution in [3.05, 3.63) is 36.2 Å². The van der Waals surface area contributed by atoms with Gasteiger partial charge in [0.25, 0.3) is 0 Å². The van der Waals surface area contributed by atoms with E-state index in [9.17, 15) is 0 Å². The number of rotatable bonds is 4. The van der Waals surface area contributed by atoms with Gasteiger partial charge in [0.2, 0.25) is 0 Å². The van der Waals surface area contributed by atoms with Crippen LogP contribution in [-0.4, -0.2) is 23.3 Å². The van der Waals surface area contributed by atoms with Crippen LogP contribution in [0.4, 0.5) is 17.3 Å². The molecule has 5 heteroatoms. The summed E-state index contributed by atoms with van der Waals surface area (Å²) in [7, 11) is 1.87. The lowest BCUT2D eigenvalue weighted by molar-refractivity contribution is 0.547. The molecule has 21 heavy (non-hydrogen) atoms. The van der Waals surface area contributed by atoms with E-state index in [4.69, 9.17) is 0 Å². The second-order valence-corrected chi connectivity index (χ2v) is 6.70. The highest BCUT2D eigenvalue weighted by molar-refractivity contribution is 7.98. The first-order valence-corrected chi connectivity index (χ1v) is 8.13. The first kappa shape index (κ1) is 15.6. The van der Waals surface area contributed by atoms with E-state index in [1.807, 2.05) is 25.2 Å². The van der Waals surface area contributed by atoms with Crippen molar-refractivity contribution in [2.24, 2.45) is 0 Å². The summed E-state index contributed by atoms with van der Waals surface area (Å²) >= 11 is 1.72. The van der Waals surface area contributed by atoms with E-state index >= 15 is 0 Å². The molecule has 1 aromatic carbocycles. The molecule has 2 aromatic rings. The first-order chi connectivity index (χ1) is 9.92. The Labute approximate surface area is 130 Å². The van der Waals surface area contributed by atoms with Crippen molar-refractivity contribution < 1.29 is 0 Å². The Kier molecular flexibility index (Phi) is 4.73. The van der Waals surface area contributed by atoms with Crippen molar-refractivity contribution in [2.45, 2.75) is 31.1 Å². The van der Waals surface area contributed by atoms with Gasteiger partial charge >= 0.3 is 0 Å². The van der Waals surface area contributed by atoms with Crippen LogP contribution in [0.15, 0.2) is 35.2 Å². The quantitative estimate of drug-likeness (QED) is 0.826. The number of hydrogen-bond acceptors (Lipinski definition) is 5. The summed E-state index contributed by atoms with van der Waals surface area (Å²) in [6, 6.07) is 10.2. The van der Waals surface area contributed by atoms with E-state index in [1.54, 1.807) is 11.8 Å². The summed E-state index contributed by atoms with van der Waals surface area (Å²) in [6.45, 7) is 6.33. The summed E-state index contributed by atoms with van der Waals surface area (Å²) in [6.07, 6.45) is 2.07. The fourth-order valence-corrected chi connectivity index (χ4v) is 2.28. The smallest absolute Gasteiger partial charge is 0.138 e. The molecule has 1 aromatic heterocycles. The molecule has 0 amide bonds. The van der Waals surface area contributed by atoms with Gasteiger partial charge in [-0.25, -0.2) is 9.97 Å². The minimum atomic E-state index is -0.0928. The maximum atomic E-state index is 4.63. The van der Waals surface area contributed by atoms with Crippen molar-refractivity contribution in [2.75, 3.05) is 23.9 Å². The molecule has 1 heterocycles. The van der Waals surface area contributed by atoms with Gasteiger partial charge in [-0.15, -0.1) is 11.8 Å². The van der Waals surface area contributed by atoms with E-state index in [1.165, 1.54) is 4.90 Å². The van der Waals surface area contributed by atoms with Crippen LogP contribution < -0.4 is 10.6 Å². The summed E-state index contributed by atoms with van der Waals surface area (Å²) in [5.41, 5.74) is 0.937. The molecule has 4 nitrogen and oxygen atoms in total. The fraction of sp³-hybridized carbons (Fsp3) is 0.375. The monoisotopic (exact) mass is 302 g/mol. The summed E-state index contributed by atoms with van der Waals surface area (Å²) in [5.74, 6) is 2.44. The third-order valence-electron chi connectivity index (χ3n) is 3.00. The van der Waals surface area contributed by atoms with Gasteiger partial charge in [-0.2, -0.15) is 0 Å². The summed E-state index contributed by atoms with van der Waals surface area (Å²) in [4.78, 5) is 10.4. The third kappa shape index (κ3) is 4.11. The number of nitrogens with one attached hydrogen (secondary N) is 2. The van der Waals surface area contributed by atoms with Crippen molar-refractivity contribution in [3.8, 4) is 0 Å². The molecule has 0 aliphatic heterocycles. The fourth-order valence-electron chi connectivity index (χ4n) is 1.82. The van der Waals surface area contributed by atoms with E-state index < -0.39 is 0 Å². The van der Waals surface area contributed by atoms with Crippen molar-refractivity contribution in [3.63, 3.8) is 0 Å². The van der Waals surface area contributed by atoms with Gasteiger partial charge in [-0.1, -0.05) is 26.8 Å². The lowest BCUT2D eigenvalue weighted by Gasteiger charge is -2.19. The molecule has 0 saturated carbocycles. The lowest BCUT2D eigenvalue weighted by Crippen LogP contribution is -2.17. The molecule has 0 atom stereocenters. The van der Waals surface area contributed by atoms with Crippen LogP contribution in [0.1, 0.15) is 26.6 Å². The van der Waals surface area contributed by atoms with Crippen molar-refractivity contribution in [1.82, 2.24) is 9.97 Å². The van der Waals surface area contributed by atoms with Crippen LogP contribution in [-0.2, 0) is 5.41 Å². The Balaban J connectivity index is 2.34. The van der Waals surface area contributed by atoms with Crippen LogP contribution >= 0.6 is 11.8 Å². The maximum absolute atomic E-state index is 4.63. The maximum Gasteiger partial charge on any atom is 0.138 e. The highest BCUT2D eigenvalue weighted by Crippen LogP contribution is 2.25. The lowest BCUT2D eigenvalue weighted by atomic mass is 9.96. The van der Waals surface area contributed by atoms with Crippen LogP contribution in [0.2, 0.25) is 0 Å². The van der Waals surface area contributed by atoms with E-state index in [2.05, 4.69) is 59.8 Å². The number of anilines is 3. The van der Waals surface area contributed by atoms with Gasteiger partial charge in [-0.3, -0.25) is 0 Å². The standard InChI is InChI=1S/C16H22N4S/c1-16(2,3)15-19-13(17-4)10-14(20-15)18-11-7-6-8-12(9-11)21-5/h6-10H,1-5H3,(H2,17,18,19,20). The molecule has 112 valence electrons. The van der Waals surface area contributed by atoms with Gasteiger partial charge in [0.05, 0.1) is 0 Å². The molecule has 2 N–H and O–H groups in total. The Morgan fingerprint density at radius 2 is 1.76 bits per heavy atom. The van der Waals surface area contributed by atoms with E-state index in [-0.39, 0.29) is 5.41 Å². The van der Waals surface area contributed by atoms with Crippen LogP contribution in [0.5, 0.6) is 0 Å². The number of aromatic nitrogens is 2. The Morgan fingerprint density at radius 1 is 1.05 bits per heavy atom. The molecular formula is C16H22N4S. The molecule has 0 radical (unpaired) electrons. The molecule has 0 unspecified atom stereocenters. The zero-order valence-corrected chi connectivity index (χ0v) is 14.0. The Bertz CT molecular complexity index is 620. The molecule has 0 spiro atoms. The zero-order valence-electron chi connectivity index (χ0n) is 13.2. The average molecular weight is 302 g/mol. The number of nitrogens with zero attached hydrogens (tertiary/aromatic N) is 2. The molecule has 0 saturated heterocycles. The van der Waals surface area contributed by atoms with Crippen LogP contribution in [0, 0.1) is 0 Å². The molecule has 0 aliphatic carbocycles. The minimum Gasteiger partial charge on any atom is -0.373 e. The van der Waals surface area contributed by atoms with Gasteiger partial charge < -0.3 is 10.6 Å². The molecule has 0 fully saturated rings. The second kappa shape index (κ2) is 6.35. The molecule has 2 rings (SSSR count).